The van der Waals surface area contributed by atoms with E-state index >= 15 is 0 Å². The predicted octanol–water partition coefficient (Wildman–Crippen LogP) is 2.51. The van der Waals surface area contributed by atoms with Crippen LogP contribution in [0.25, 0.3) is 5.65 Å². The molecule has 0 saturated carbocycles. The zero-order chi connectivity index (χ0) is 21.7. The van der Waals surface area contributed by atoms with Gasteiger partial charge in [0.2, 0.25) is 0 Å². The molecule has 30 heavy (non-hydrogen) atoms. The molecule has 0 radical (unpaired) electrons. The first kappa shape index (κ1) is 21.2. The Hall–Kier alpha value is -3.47. The summed E-state index contributed by atoms with van der Waals surface area (Å²) in [5.41, 5.74) is 0.809. The van der Waals surface area contributed by atoms with E-state index in [4.69, 9.17) is 0 Å². The lowest BCUT2D eigenvalue weighted by molar-refractivity contribution is 0.102. The fourth-order valence-corrected chi connectivity index (χ4v) is 3.51. The summed E-state index contributed by atoms with van der Waals surface area (Å²) >= 11 is 0. The van der Waals surface area contributed by atoms with Crippen molar-refractivity contribution in [1.82, 2.24) is 19.4 Å². The van der Waals surface area contributed by atoms with Crippen molar-refractivity contribution in [3.05, 3.63) is 60.3 Å². The summed E-state index contributed by atoms with van der Waals surface area (Å²) in [5.74, 6) is -1.00. The van der Waals surface area contributed by atoms with Gasteiger partial charge in [0.25, 0.3) is 15.9 Å². The molecule has 2 aromatic heterocycles. The number of hydrogen-bond acceptors (Lipinski definition) is 5. The number of anilines is 1. The molecule has 3 rings (SSSR count). The number of unbranched alkanes of at least 4 members (excludes halogenated alkanes) is 1. The first-order chi connectivity index (χ1) is 14.3. The summed E-state index contributed by atoms with van der Waals surface area (Å²) in [6.45, 7) is 2.32. The smallest absolute Gasteiger partial charge is 0.328 e. The molecule has 0 atom stereocenters. The maximum absolute atomic E-state index is 13.3. The van der Waals surface area contributed by atoms with Crippen LogP contribution in [-0.4, -0.2) is 36.3 Å². The minimum Gasteiger partial charge on any atom is -0.337 e. The second-order valence-electron chi connectivity index (χ2n) is 6.43. The monoisotopic (exact) mass is 433 g/mol. The number of benzene rings is 1. The molecule has 11 heteroatoms. The van der Waals surface area contributed by atoms with Crippen molar-refractivity contribution in [2.45, 2.75) is 24.7 Å². The van der Waals surface area contributed by atoms with Crippen LogP contribution in [-0.2, 0) is 10.0 Å². The number of fused-ring (bicyclic) bond motifs is 1. The number of hydrogen-bond donors (Lipinski definition) is 3. The van der Waals surface area contributed by atoms with Crippen LogP contribution in [0.2, 0.25) is 0 Å². The van der Waals surface area contributed by atoms with Crippen molar-refractivity contribution < 1.29 is 22.4 Å². The number of amides is 3. The van der Waals surface area contributed by atoms with Gasteiger partial charge < -0.3 is 15.0 Å². The van der Waals surface area contributed by atoms with Crippen LogP contribution in [0.5, 0.6) is 0 Å². The molecule has 0 fully saturated rings. The van der Waals surface area contributed by atoms with Gasteiger partial charge in [0, 0.05) is 24.6 Å². The van der Waals surface area contributed by atoms with Crippen molar-refractivity contribution in [3.8, 4) is 0 Å². The van der Waals surface area contributed by atoms with Gasteiger partial charge in [0.1, 0.15) is 17.2 Å². The molecular formula is C19H20FN5O4S. The average Bonchev–Trinajstić information content (AvgIpc) is 3.11. The van der Waals surface area contributed by atoms with Gasteiger partial charge in [-0.1, -0.05) is 13.3 Å². The van der Waals surface area contributed by atoms with Gasteiger partial charge >= 0.3 is 6.03 Å². The fraction of sp³-hybridized carbons (Fsp3) is 0.211. The third kappa shape index (κ3) is 5.11. The van der Waals surface area contributed by atoms with Crippen LogP contribution in [0.15, 0.2) is 53.7 Å². The molecule has 0 aliphatic rings. The van der Waals surface area contributed by atoms with E-state index in [-0.39, 0.29) is 10.6 Å². The van der Waals surface area contributed by atoms with Gasteiger partial charge in [-0.2, -0.15) is 0 Å². The SMILES string of the molecule is CCCCNC(=O)NS(=O)(=O)c1ccc(NC(=O)c2cn3cc(F)ccc3n2)cc1. The minimum atomic E-state index is -4.04. The Bertz CT molecular complexity index is 1180. The Kier molecular flexibility index (Phi) is 6.31. The van der Waals surface area contributed by atoms with E-state index in [1.807, 2.05) is 11.6 Å². The third-order valence-electron chi connectivity index (χ3n) is 4.11. The highest BCUT2D eigenvalue weighted by molar-refractivity contribution is 7.90. The van der Waals surface area contributed by atoms with Crippen LogP contribution in [0.3, 0.4) is 0 Å². The average molecular weight is 433 g/mol. The van der Waals surface area contributed by atoms with Gasteiger partial charge in [-0.25, -0.2) is 27.3 Å². The molecule has 2 heterocycles. The van der Waals surface area contributed by atoms with Crippen molar-refractivity contribution in [2.24, 2.45) is 0 Å². The van der Waals surface area contributed by atoms with Gasteiger partial charge in [-0.05, 0) is 42.8 Å². The molecule has 0 spiro atoms. The Morgan fingerprint density at radius 2 is 1.83 bits per heavy atom. The zero-order valence-corrected chi connectivity index (χ0v) is 16.9. The summed E-state index contributed by atoms with van der Waals surface area (Å²) in [6.07, 6.45) is 4.19. The number of nitrogens with one attached hydrogen (secondary N) is 3. The first-order valence-electron chi connectivity index (χ1n) is 9.15. The normalized spacial score (nSPS) is 11.3. The molecule has 0 bridgehead atoms. The van der Waals surface area contributed by atoms with Crippen LogP contribution in [0.1, 0.15) is 30.3 Å². The third-order valence-corrected chi connectivity index (χ3v) is 5.46. The summed E-state index contributed by atoms with van der Waals surface area (Å²) in [6, 6.07) is 7.17. The molecule has 158 valence electrons. The highest BCUT2D eigenvalue weighted by Crippen LogP contribution is 2.15. The van der Waals surface area contributed by atoms with Crippen LogP contribution < -0.4 is 15.4 Å². The quantitative estimate of drug-likeness (QED) is 0.494. The summed E-state index contributed by atoms with van der Waals surface area (Å²) in [5, 5.41) is 5.05. The van der Waals surface area contributed by atoms with E-state index in [9.17, 15) is 22.4 Å². The lowest BCUT2D eigenvalue weighted by Crippen LogP contribution is -2.39. The number of pyridine rings is 1. The fourth-order valence-electron chi connectivity index (χ4n) is 2.58. The molecular weight excluding hydrogens is 413 g/mol. The number of aromatic nitrogens is 2. The second-order valence-corrected chi connectivity index (χ2v) is 8.11. The molecule has 3 N–H and O–H groups in total. The molecule has 0 unspecified atom stereocenters. The summed E-state index contributed by atoms with van der Waals surface area (Å²) in [7, 11) is -4.04. The molecule has 0 aliphatic heterocycles. The number of carbonyl (C=O) groups excluding carboxylic acids is 2. The standard InChI is InChI=1S/C19H20FN5O4S/c1-2-3-10-21-19(27)24-30(28,29)15-7-5-14(6-8-15)22-18(26)16-12-25-11-13(20)4-9-17(25)23-16/h4-9,11-12H,2-3,10H2,1H3,(H,22,26)(H2,21,24,27). The van der Waals surface area contributed by atoms with E-state index < -0.39 is 27.8 Å². The van der Waals surface area contributed by atoms with Gasteiger partial charge in [0.05, 0.1) is 4.90 Å². The van der Waals surface area contributed by atoms with Gasteiger partial charge in [0.15, 0.2) is 0 Å². The molecule has 0 aliphatic carbocycles. The van der Waals surface area contributed by atoms with E-state index in [1.54, 1.807) is 0 Å². The topological polar surface area (TPSA) is 122 Å². The van der Waals surface area contributed by atoms with E-state index in [1.165, 1.54) is 53.2 Å². The summed E-state index contributed by atoms with van der Waals surface area (Å²) in [4.78, 5) is 28.0. The lowest BCUT2D eigenvalue weighted by atomic mass is 10.3. The number of imidazole rings is 1. The van der Waals surface area contributed by atoms with Crippen LogP contribution >= 0.6 is 0 Å². The maximum Gasteiger partial charge on any atom is 0.328 e. The molecule has 3 aromatic rings. The number of urea groups is 1. The Morgan fingerprint density at radius 1 is 1.10 bits per heavy atom. The Balaban J connectivity index is 1.65. The Labute approximate surface area is 172 Å². The van der Waals surface area contributed by atoms with Crippen molar-refractivity contribution in [2.75, 3.05) is 11.9 Å². The molecule has 0 saturated heterocycles. The summed E-state index contributed by atoms with van der Waals surface area (Å²) < 4.78 is 41.1. The molecule has 9 nitrogen and oxygen atoms in total. The zero-order valence-electron chi connectivity index (χ0n) is 16.1. The van der Waals surface area contributed by atoms with Crippen molar-refractivity contribution in [1.29, 1.82) is 0 Å². The number of carbonyl (C=O) groups is 2. The van der Waals surface area contributed by atoms with Gasteiger partial charge in [-0.3, -0.25) is 4.79 Å². The lowest BCUT2D eigenvalue weighted by Gasteiger charge is -2.09. The van der Waals surface area contributed by atoms with Crippen LogP contribution in [0, 0.1) is 5.82 Å². The predicted molar refractivity (Wildman–Crippen MR) is 108 cm³/mol. The number of rotatable bonds is 7. The van der Waals surface area contributed by atoms with E-state index in [2.05, 4.69) is 15.6 Å². The van der Waals surface area contributed by atoms with Crippen molar-refractivity contribution >= 4 is 33.3 Å². The molecule has 3 amide bonds. The minimum absolute atomic E-state index is 0.0720. The highest BCUT2D eigenvalue weighted by Gasteiger charge is 2.18. The second kappa shape index (κ2) is 8.91. The first-order valence-corrected chi connectivity index (χ1v) is 10.6. The van der Waals surface area contributed by atoms with Gasteiger partial charge in [-0.15, -0.1) is 0 Å². The largest absolute Gasteiger partial charge is 0.337 e. The van der Waals surface area contributed by atoms with E-state index in [0.717, 1.165) is 12.8 Å². The van der Waals surface area contributed by atoms with Crippen molar-refractivity contribution in [3.63, 3.8) is 0 Å². The van der Waals surface area contributed by atoms with Crippen LogP contribution in [0.4, 0.5) is 14.9 Å². The maximum atomic E-state index is 13.3. The number of sulfonamides is 1. The highest BCUT2D eigenvalue weighted by atomic mass is 32.2. The number of nitrogens with zero attached hydrogens (tertiary/aromatic N) is 2. The molecule has 1 aromatic carbocycles. The van der Waals surface area contributed by atoms with E-state index in [0.29, 0.717) is 17.9 Å². The Morgan fingerprint density at radius 3 is 2.53 bits per heavy atom. The number of halogens is 1.